The van der Waals surface area contributed by atoms with Gasteiger partial charge in [-0.3, -0.25) is 0 Å². The number of rotatable bonds is 10. The monoisotopic (exact) mass is 688 g/mol. The van der Waals surface area contributed by atoms with Gasteiger partial charge in [0.05, 0.1) is 31.2 Å². The van der Waals surface area contributed by atoms with Crippen LogP contribution in [-0.2, 0) is 13.1 Å². The molecule has 0 amide bonds. The largest absolute Gasteiger partial charge is 0.494 e. The van der Waals surface area contributed by atoms with E-state index in [0.717, 1.165) is 29.0 Å². The van der Waals surface area contributed by atoms with Crippen LogP contribution in [0.2, 0.25) is 0 Å². The number of anilines is 2. The summed E-state index contributed by atoms with van der Waals surface area (Å²) in [5.74, 6) is -1.55. The number of aliphatic hydroxyl groups is 1. The van der Waals surface area contributed by atoms with E-state index in [2.05, 4.69) is 20.3 Å². The quantitative estimate of drug-likeness (QED) is 0.145. The van der Waals surface area contributed by atoms with Crippen LogP contribution in [0.4, 0.5) is 28.4 Å². The lowest BCUT2D eigenvalue weighted by molar-refractivity contribution is -0.0657. The zero-order chi connectivity index (χ0) is 33.7. The lowest BCUT2D eigenvalue weighted by Gasteiger charge is -2.46. The van der Waals surface area contributed by atoms with Crippen molar-refractivity contribution in [1.29, 1.82) is 0 Å². The molecule has 0 aliphatic carbocycles. The number of aromatic nitrogens is 5. The fraction of sp³-hybridized carbons (Fsp3) is 0.394. The van der Waals surface area contributed by atoms with Gasteiger partial charge in [0, 0.05) is 31.3 Å². The summed E-state index contributed by atoms with van der Waals surface area (Å²) in [6.07, 6.45) is -1.37. The van der Waals surface area contributed by atoms with Crippen LogP contribution in [-0.4, -0.2) is 67.9 Å². The molecule has 5 aromatic rings. The molecule has 1 aliphatic rings. The zero-order valence-electron chi connectivity index (χ0n) is 26.1. The van der Waals surface area contributed by atoms with E-state index in [1.54, 1.807) is 4.57 Å². The maximum atomic E-state index is 15.2. The molecule has 4 N–H and O–H groups in total. The zero-order valence-corrected chi connectivity index (χ0v) is 26.9. The maximum absolute atomic E-state index is 15.2. The Morgan fingerprint density at radius 3 is 2.56 bits per heavy atom. The van der Waals surface area contributed by atoms with Crippen LogP contribution in [0.5, 0.6) is 5.75 Å². The molecule has 1 aliphatic heterocycles. The van der Waals surface area contributed by atoms with Crippen LogP contribution in [0.3, 0.4) is 0 Å². The van der Waals surface area contributed by atoms with Crippen LogP contribution in [0.1, 0.15) is 45.4 Å². The number of ether oxygens (including phenoxy) is 1. The highest BCUT2D eigenvalue weighted by molar-refractivity contribution is 7.19. The van der Waals surface area contributed by atoms with Crippen molar-refractivity contribution in [3.05, 3.63) is 78.0 Å². The SMILES string of the molecule is C.CC.COc1cc(F)c(-c2nc(Cn3cnc4c(N)ncnc43)c(N3CCCC(NCc4ccccc4)(C(O)C(F)F)C3)s2)cc1F. The fourth-order valence-corrected chi connectivity index (χ4v) is 6.81. The number of nitrogens with zero attached hydrogens (tertiary/aromatic N) is 6. The van der Waals surface area contributed by atoms with Gasteiger partial charge >= 0.3 is 0 Å². The molecule has 0 bridgehead atoms. The molecule has 6 rings (SSSR count). The summed E-state index contributed by atoms with van der Waals surface area (Å²) < 4.78 is 64.9. The summed E-state index contributed by atoms with van der Waals surface area (Å²) >= 11 is 1.10. The second-order valence-corrected chi connectivity index (χ2v) is 11.8. The third-order valence-electron chi connectivity index (χ3n) is 8.00. The van der Waals surface area contributed by atoms with E-state index in [9.17, 15) is 18.3 Å². The first-order valence-corrected chi connectivity index (χ1v) is 16.0. The Balaban J connectivity index is 0.00000170. The van der Waals surface area contributed by atoms with Crippen LogP contribution in [0.15, 0.2) is 55.1 Å². The summed E-state index contributed by atoms with van der Waals surface area (Å²) in [4.78, 5) is 19.1. The molecule has 4 heterocycles. The number of nitrogens with one attached hydrogen (secondary N) is 1. The van der Waals surface area contributed by atoms with Gasteiger partial charge in [-0.05, 0) is 24.5 Å². The molecule has 0 radical (unpaired) electrons. The van der Waals surface area contributed by atoms with Crippen molar-refractivity contribution < 1.29 is 27.4 Å². The van der Waals surface area contributed by atoms with Gasteiger partial charge in [-0.15, -0.1) is 0 Å². The molecule has 2 atom stereocenters. The van der Waals surface area contributed by atoms with Crippen molar-refractivity contribution in [3.63, 3.8) is 0 Å². The Hall–Kier alpha value is -4.34. The second kappa shape index (κ2) is 15.7. The summed E-state index contributed by atoms with van der Waals surface area (Å²) in [6.45, 7) is 4.84. The van der Waals surface area contributed by atoms with Crippen LogP contribution < -0.4 is 20.7 Å². The number of alkyl halides is 2. The lowest BCUT2D eigenvalue weighted by atomic mass is 9.83. The maximum Gasteiger partial charge on any atom is 0.265 e. The number of hydrogen-bond donors (Lipinski definition) is 3. The number of piperidine rings is 1. The molecular formula is C33H40F4N8O2S. The first kappa shape index (κ1) is 36.5. The average Bonchev–Trinajstić information content (AvgIpc) is 3.71. The van der Waals surface area contributed by atoms with E-state index in [1.807, 2.05) is 49.1 Å². The van der Waals surface area contributed by atoms with Crippen molar-refractivity contribution in [1.82, 2.24) is 29.8 Å². The number of thiazole rings is 1. The molecule has 48 heavy (non-hydrogen) atoms. The third-order valence-corrected chi connectivity index (χ3v) is 9.19. The Morgan fingerprint density at radius 1 is 1.10 bits per heavy atom. The minimum absolute atomic E-state index is 0. The molecule has 258 valence electrons. The molecule has 1 fully saturated rings. The Labute approximate surface area is 280 Å². The van der Waals surface area contributed by atoms with E-state index in [1.165, 1.54) is 19.8 Å². The molecule has 15 heteroatoms. The Bertz CT molecular complexity index is 1810. The van der Waals surface area contributed by atoms with Crippen molar-refractivity contribution >= 4 is 33.3 Å². The predicted octanol–water partition coefficient (Wildman–Crippen LogP) is 6.28. The van der Waals surface area contributed by atoms with Gasteiger partial charge in [0.2, 0.25) is 0 Å². The Kier molecular flexibility index (Phi) is 11.9. The van der Waals surface area contributed by atoms with E-state index in [-0.39, 0.29) is 49.2 Å². The lowest BCUT2D eigenvalue weighted by Crippen LogP contribution is -2.65. The van der Waals surface area contributed by atoms with Gasteiger partial charge in [-0.25, -0.2) is 37.5 Å². The smallest absolute Gasteiger partial charge is 0.265 e. The highest BCUT2D eigenvalue weighted by Gasteiger charge is 2.46. The number of hydrogen-bond acceptors (Lipinski definition) is 10. The molecule has 0 saturated carbocycles. The molecule has 2 unspecified atom stereocenters. The highest BCUT2D eigenvalue weighted by Crippen LogP contribution is 2.41. The van der Waals surface area contributed by atoms with Gasteiger partial charge in [0.15, 0.2) is 23.0 Å². The number of methoxy groups -OCH3 is 1. The van der Waals surface area contributed by atoms with Crippen LogP contribution in [0, 0.1) is 11.6 Å². The summed E-state index contributed by atoms with van der Waals surface area (Å²) in [7, 11) is 1.24. The number of nitrogens with two attached hydrogens (primary N) is 1. The number of nitrogen functional groups attached to an aromatic ring is 1. The molecule has 0 spiro atoms. The first-order chi connectivity index (χ1) is 22.7. The van der Waals surface area contributed by atoms with Gasteiger partial charge in [0.1, 0.15) is 33.8 Å². The number of halogens is 4. The highest BCUT2D eigenvalue weighted by atomic mass is 32.1. The average molecular weight is 689 g/mol. The van der Waals surface area contributed by atoms with Gasteiger partial charge in [-0.1, -0.05) is 62.9 Å². The van der Waals surface area contributed by atoms with Gasteiger partial charge < -0.3 is 30.4 Å². The minimum atomic E-state index is -3.00. The number of fused-ring (bicyclic) bond motifs is 1. The van der Waals surface area contributed by atoms with E-state index >= 15 is 4.39 Å². The molecule has 3 aromatic heterocycles. The van der Waals surface area contributed by atoms with Crippen LogP contribution >= 0.6 is 11.3 Å². The number of imidazole rings is 1. The molecule has 1 saturated heterocycles. The van der Waals surface area contributed by atoms with Crippen LogP contribution in [0.25, 0.3) is 21.7 Å². The summed E-state index contributed by atoms with van der Waals surface area (Å²) in [5.41, 5.74) is 6.68. The van der Waals surface area contributed by atoms with Crippen molar-refractivity contribution in [3.8, 4) is 16.3 Å². The Morgan fingerprint density at radius 2 is 1.85 bits per heavy atom. The third kappa shape index (κ3) is 7.37. The topological polar surface area (TPSA) is 127 Å². The van der Waals surface area contributed by atoms with Gasteiger partial charge in [-0.2, -0.15) is 0 Å². The van der Waals surface area contributed by atoms with E-state index < -0.39 is 29.7 Å². The predicted molar refractivity (Wildman–Crippen MR) is 180 cm³/mol. The summed E-state index contributed by atoms with van der Waals surface area (Å²) in [5, 5.41) is 14.8. The van der Waals surface area contributed by atoms with Crippen molar-refractivity contribution in [2.24, 2.45) is 0 Å². The first-order valence-electron chi connectivity index (χ1n) is 15.1. The van der Waals surface area contributed by atoms with Crippen molar-refractivity contribution in [2.45, 2.75) is 65.3 Å². The minimum Gasteiger partial charge on any atom is -0.494 e. The normalized spacial score (nSPS) is 16.7. The molecule has 10 nitrogen and oxygen atoms in total. The van der Waals surface area contributed by atoms with E-state index in [4.69, 9.17) is 15.5 Å². The molecular weight excluding hydrogens is 648 g/mol. The van der Waals surface area contributed by atoms with Gasteiger partial charge in [0.25, 0.3) is 6.43 Å². The summed E-state index contributed by atoms with van der Waals surface area (Å²) in [6, 6.07) is 11.3. The van der Waals surface area contributed by atoms with Crippen molar-refractivity contribution in [2.75, 3.05) is 30.8 Å². The van der Waals surface area contributed by atoms with E-state index in [0.29, 0.717) is 41.2 Å². The standard InChI is InChI=1S/C30H30F4N8O2S.C2H6.CH4/c1-44-22-11-19(31)18(10-20(22)32)28-40-21(13-42-16-38-23-26(35)36-15-37-27(23)42)29(45-28)41-9-5-8-30(14-41,24(43)25(33)34)39-12-17-6-3-2-4-7-17;1-2;/h2-4,6-7,10-11,15-16,24-25,39,43H,5,8-9,12-14H2,1H3,(H2,35,36,37);1-2H3;1H4. The number of aliphatic hydroxyl groups excluding tert-OH is 1. The number of benzene rings is 2. The molecule has 2 aromatic carbocycles. The fourth-order valence-electron chi connectivity index (χ4n) is 5.70. The second-order valence-electron chi connectivity index (χ2n) is 10.8.